The molecule has 2 N–H and O–H groups in total. The highest BCUT2D eigenvalue weighted by molar-refractivity contribution is 6.12. The van der Waals surface area contributed by atoms with E-state index in [-0.39, 0.29) is 10.8 Å². The Kier molecular flexibility index (Phi) is 4.75. The zero-order valence-electron chi connectivity index (χ0n) is 15.4. The Balaban J connectivity index is 2.75. The number of nitrogens with zero attached hydrogens (tertiary/aromatic N) is 1. The van der Waals surface area contributed by atoms with E-state index in [1.165, 1.54) is 0 Å². The quantitative estimate of drug-likeness (QED) is 0.452. The van der Waals surface area contributed by atoms with Gasteiger partial charge in [-0.05, 0) is 23.0 Å². The Labute approximate surface area is 144 Å². The van der Waals surface area contributed by atoms with E-state index in [9.17, 15) is 10.3 Å². The van der Waals surface area contributed by atoms with Gasteiger partial charge in [-0.2, -0.15) is 0 Å². The van der Waals surface area contributed by atoms with E-state index in [0.717, 1.165) is 22.3 Å². The van der Waals surface area contributed by atoms with Crippen LogP contribution in [-0.4, -0.2) is 16.0 Å². The molecule has 0 atom stereocenters. The monoisotopic (exact) mass is 325 g/mol. The molecule has 2 aromatic carbocycles. The van der Waals surface area contributed by atoms with Crippen LogP contribution < -0.4 is 0 Å². The third-order valence-corrected chi connectivity index (χ3v) is 4.15. The summed E-state index contributed by atoms with van der Waals surface area (Å²) >= 11 is 0. The molecule has 0 heterocycles. The van der Waals surface area contributed by atoms with Gasteiger partial charge in [0.2, 0.25) is 0 Å². The molecule has 2 rings (SSSR count). The first-order chi connectivity index (χ1) is 11.1. The summed E-state index contributed by atoms with van der Waals surface area (Å²) in [6.07, 6.45) is 0. The zero-order valence-corrected chi connectivity index (χ0v) is 15.4. The van der Waals surface area contributed by atoms with Gasteiger partial charge in [0.15, 0.2) is 0 Å². The summed E-state index contributed by atoms with van der Waals surface area (Å²) in [5.41, 5.74) is 3.40. The maximum absolute atomic E-state index is 10.8. The van der Waals surface area contributed by atoms with Crippen molar-refractivity contribution in [3.8, 4) is 5.75 Å². The van der Waals surface area contributed by atoms with Gasteiger partial charge in [0, 0.05) is 22.3 Å². The van der Waals surface area contributed by atoms with Crippen LogP contribution in [0, 0.1) is 0 Å². The first-order valence-corrected chi connectivity index (χ1v) is 8.21. The maximum atomic E-state index is 10.8. The van der Waals surface area contributed by atoms with Crippen LogP contribution >= 0.6 is 0 Å². The van der Waals surface area contributed by atoms with Gasteiger partial charge in [-0.15, -0.1) is 0 Å². The van der Waals surface area contributed by atoms with Crippen LogP contribution in [0.15, 0.2) is 47.6 Å². The van der Waals surface area contributed by atoms with Crippen molar-refractivity contribution in [1.82, 2.24) is 0 Å². The highest BCUT2D eigenvalue weighted by atomic mass is 16.4. The van der Waals surface area contributed by atoms with Crippen molar-refractivity contribution >= 4 is 5.71 Å². The van der Waals surface area contributed by atoms with E-state index in [2.05, 4.69) is 46.7 Å². The van der Waals surface area contributed by atoms with Crippen LogP contribution in [0.4, 0.5) is 0 Å². The van der Waals surface area contributed by atoms with E-state index < -0.39 is 0 Å². The molecule has 0 aliphatic carbocycles. The lowest BCUT2D eigenvalue weighted by atomic mass is 9.77. The van der Waals surface area contributed by atoms with Crippen LogP contribution in [0.5, 0.6) is 5.75 Å². The summed E-state index contributed by atoms with van der Waals surface area (Å²) in [6.45, 7) is 12.4. The van der Waals surface area contributed by atoms with E-state index in [4.69, 9.17) is 0 Å². The second-order valence-corrected chi connectivity index (χ2v) is 8.23. The Morgan fingerprint density at radius 2 is 1.25 bits per heavy atom. The van der Waals surface area contributed by atoms with Crippen molar-refractivity contribution in [2.75, 3.05) is 0 Å². The van der Waals surface area contributed by atoms with Crippen LogP contribution in [0.3, 0.4) is 0 Å². The van der Waals surface area contributed by atoms with Crippen molar-refractivity contribution in [3.05, 3.63) is 64.7 Å². The highest BCUT2D eigenvalue weighted by Crippen LogP contribution is 2.40. The summed E-state index contributed by atoms with van der Waals surface area (Å²) in [7, 11) is 0. The summed E-state index contributed by atoms with van der Waals surface area (Å²) in [5.74, 6) is 0.323. The molecule has 0 saturated heterocycles. The molecule has 0 unspecified atom stereocenters. The molecule has 0 fully saturated rings. The fraction of sp³-hybridized carbons (Fsp3) is 0.381. The van der Waals surface area contributed by atoms with Gasteiger partial charge in [-0.25, -0.2) is 0 Å². The molecule has 3 nitrogen and oxygen atoms in total. The molecule has 3 heteroatoms. The van der Waals surface area contributed by atoms with Gasteiger partial charge in [-0.1, -0.05) is 77.0 Å². The van der Waals surface area contributed by atoms with Gasteiger partial charge in [0.05, 0.1) is 0 Å². The molecule has 0 bridgehead atoms. The lowest BCUT2D eigenvalue weighted by Crippen LogP contribution is -2.19. The number of oxime groups is 1. The number of rotatable bonds is 2. The third kappa shape index (κ3) is 3.61. The predicted octanol–water partition coefficient (Wildman–Crippen LogP) is 5.21. The largest absolute Gasteiger partial charge is 0.507 e. The number of hydrogen-bond donors (Lipinski definition) is 2. The SMILES string of the molecule is CC(C)(C)c1cc(/C(=N/O)c2ccccc2)cc(C(C)(C)C)c1O. The standard InChI is InChI=1S/C21H27NO2/c1-20(2,3)16-12-15(13-17(19(16)23)21(4,5)6)18(22-24)14-10-8-7-9-11-14/h7-13,23-24H,1-6H3/b22-18+. The molecule has 24 heavy (non-hydrogen) atoms. The second-order valence-electron chi connectivity index (χ2n) is 8.23. The van der Waals surface area contributed by atoms with Crippen LogP contribution in [-0.2, 0) is 10.8 Å². The van der Waals surface area contributed by atoms with Gasteiger partial charge < -0.3 is 10.3 Å². The zero-order chi connectivity index (χ0) is 18.1. The third-order valence-electron chi connectivity index (χ3n) is 4.15. The molecule has 0 saturated carbocycles. The summed E-state index contributed by atoms with van der Waals surface area (Å²) in [5, 5.41) is 24.0. The lowest BCUT2D eigenvalue weighted by molar-refractivity contribution is 0.319. The first kappa shape index (κ1) is 18.1. The molecule has 0 aliphatic rings. The normalized spacial score (nSPS) is 13.2. The van der Waals surface area contributed by atoms with E-state index in [1.807, 2.05) is 42.5 Å². The Hall–Kier alpha value is -2.29. The molecular formula is C21H27NO2. The van der Waals surface area contributed by atoms with Gasteiger partial charge in [0.1, 0.15) is 11.5 Å². The second kappa shape index (κ2) is 6.31. The van der Waals surface area contributed by atoms with Crippen LogP contribution in [0.2, 0.25) is 0 Å². The molecule has 0 aromatic heterocycles. The average Bonchev–Trinajstić information content (AvgIpc) is 2.48. The summed E-state index contributed by atoms with van der Waals surface area (Å²) < 4.78 is 0. The minimum Gasteiger partial charge on any atom is -0.507 e. The van der Waals surface area contributed by atoms with Gasteiger partial charge in [0.25, 0.3) is 0 Å². The molecule has 128 valence electrons. The number of benzene rings is 2. The smallest absolute Gasteiger partial charge is 0.123 e. The highest BCUT2D eigenvalue weighted by Gasteiger charge is 2.27. The van der Waals surface area contributed by atoms with E-state index in [1.54, 1.807) is 0 Å². The number of hydrogen-bond acceptors (Lipinski definition) is 3. The molecule has 0 amide bonds. The predicted molar refractivity (Wildman–Crippen MR) is 99.4 cm³/mol. The number of phenols is 1. The molecule has 0 spiro atoms. The van der Waals surface area contributed by atoms with Crippen LogP contribution in [0.1, 0.15) is 63.8 Å². The van der Waals surface area contributed by atoms with Gasteiger partial charge in [-0.3, -0.25) is 0 Å². The van der Waals surface area contributed by atoms with E-state index >= 15 is 0 Å². The summed E-state index contributed by atoms with van der Waals surface area (Å²) in [4.78, 5) is 0. The van der Waals surface area contributed by atoms with Crippen molar-refractivity contribution in [3.63, 3.8) is 0 Å². The van der Waals surface area contributed by atoms with Gasteiger partial charge >= 0.3 is 0 Å². The van der Waals surface area contributed by atoms with Crippen LogP contribution in [0.25, 0.3) is 0 Å². The number of phenolic OH excluding ortho intramolecular Hbond substituents is 1. The Morgan fingerprint density at radius 1 is 0.792 bits per heavy atom. The lowest BCUT2D eigenvalue weighted by Gasteiger charge is -2.28. The number of aromatic hydroxyl groups is 1. The fourth-order valence-corrected chi connectivity index (χ4v) is 2.79. The van der Waals surface area contributed by atoms with Crippen molar-refractivity contribution < 1.29 is 10.3 Å². The summed E-state index contributed by atoms with van der Waals surface area (Å²) in [6, 6.07) is 13.4. The molecule has 0 aliphatic heterocycles. The maximum Gasteiger partial charge on any atom is 0.123 e. The van der Waals surface area contributed by atoms with Crippen molar-refractivity contribution in [1.29, 1.82) is 0 Å². The molecular weight excluding hydrogens is 298 g/mol. The first-order valence-electron chi connectivity index (χ1n) is 8.21. The van der Waals surface area contributed by atoms with Crippen molar-refractivity contribution in [2.45, 2.75) is 52.4 Å². The topological polar surface area (TPSA) is 52.8 Å². The Morgan fingerprint density at radius 3 is 1.62 bits per heavy atom. The minimum atomic E-state index is -0.225. The molecule has 0 radical (unpaired) electrons. The average molecular weight is 325 g/mol. The minimum absolute atomic E-state index is 0.225. The van der Waals surface area contributed by atoms with E-state index in [0.29, 0.717) is 11.5 Å². The Bertz CT molecular complexity index is 713. The van der Waals surface area contributed by atoms with Crippen molar-refractivity contribution in [2.24, 2.45) is 5.16 Å². The fourth-order valence-electron chi connectivity index (χ4n) is 2.79. The molecule has 2 aromatic rings.